The number of tetrazole rings is 1. The van der Waals surface area contributed by atoms with E-state index in [2.05, 4.69) is 39.0 Å². The largest absolute Gasteiger partial charge is 0.350 e. The molecule has 0 spiro atoms. The predicted octanol–water partition coefficient (Wildman–Crippen LogP) is 1.82. The van der Waals surface area contributed by atoms with E-state index in [0.717, 1.165) is 6.42 Å². The van der Waals surface area contributed by atoms with Crippen LogP contribution in [0, 0.1) is 0 Å². The van der Waals surface area contributed by atoms with Crippen LogP contribution in [-0.4, -0.2) is 26.1 Å². The molecule has 1 aliphatic rings. The number of carbonyl (C=O) groups excluding carboxylic acids is 1. The van der Waals surface area contributed by atoms with Crippen molar-refractivity contribution in [1.82, 2.24) is 25.5 Å². The number of nitrogens with one attached hydrogen (secondary N) is 1. The van der Waals surface area contributed by atoms with Gasteiger partial charge in [0.05, 0.1) is 12.6 Å². The maximum Gasteiger partial charge on any atom is 0.222 e. The first kappa shape index (κ1) is 14.7. The first-order chi connectivity index (χ1) is 10.7. The van der Waals surface area contributed by atoms with Crippen LogP contribution in [-0.2, 0) is 24.2 Å². The number of nitrogens with zero attached hydrogens (tertiary/aromatic N) is 4. The molecule has 1 heterocycles. The third-order valence-corrected chi connectivity index (χ3v) is 4.21. The van der Waals surface area contributed by atoms with Crippen molar-refractivity contribution in [3.8, 4) is 0 Å². The molecule has 1 amide bonds. The lowest BCUT2D eigenvalue weighted by Gasteiger charge is -2.20. The van der Waals surface area contributed by atoms with Gasteiger partial charge < -0.3 is 5.32 Å². The van der Waals surface area contributed by atoms with Crippen molar-refractivity contribution in [2.75, 3.05) is 0 Å². The summed E-state index contributed by atoms with van der Waals surface area (Å²) in [5, 5.41) is 13.9. The molecular formula is C16H21N5O. The first-order valence-electron chi connectivity index (χ1n) is 7.84. The standard InChI is InChI=1S/C16H21N5O/c1-12(18-16(22)8-9-21-11-17-19-20-21)14-7-6-13-4-2-3-5-15(13)10-14/h6-7,10-12H,2-5,8-9H2,1H3,(H,18,22)/t12-/m1/s1. The van der Waals surface area contributed by atoms with E-state index in [1.165, 1.54) is 42.3 Å². The van der Waals surface area contributed by atoms with Gasteiger partial charge in [0.1, 0.15) is 6.33 Å². The smallest absolute Gasteiger partial charge is 0.222 e. The van der Waals surface area contributed by atoms with Crippen molar-refractivity contribution < 1.29 is 4.79 Å². The van der Waals surface area contributed by atoms with Crippen molar-refractivity contribution in [2.45, 2.75) is 51.6 Å². The fourth-order valence-corrected chi connectivity index (χ4v) is 2.92. The number of aryl methyl sites for hydroxylation is 3. The van der Waals surface area contributed by atoms with Gasteiger partial charge in [0.15, 0.2) is 0 Å². The minimum Gasteiger partial charge on any atom is -0.350 e. The van der Waals surface area contributed by atoms with E-state index in [-0.39, 0.29) is 11.9 Å². The van der Waals surface area contributed by atoms with Crippen molar-refractivity contribution in [3.63, 3.8) is 0 Å². The van der Waals surface area contributed by atoms with Crippen molar-refractivity contribution >= 4 is 5.91 Å². The summed E-state index contributed by atoms with van der Waals surface area (Å²) in [6, 6.07) is 6.62. The zero-order valence-corrected chi connectivity index (χ0v) is 12.8. The molecule has 0 fully saturated rings. The van der Waals surface area contributed by atoms with Crippen LogP contribution in [0.2, 0.25) is 0 Å². The summed E-state index contributed by atoms with van der Waals surface area (Å²) in [6.45, 7) is 2.52. The molecule has 6 heteroatoms. The Bertz CT molecular complexity index is 638. The topological polar surface area (TPSA) is 72.7 Å². The van der Waals surface area contributed by atoms with Gasteiger partial charge in [0.25, 0.3) is 0 Å². The van der Waals surface area contributed by atoms with Gasteiger partial charge in [-0.2, -0.15) is 0 Å². The summed E-state index contributed by atoms with van der Waals surface area (Å²) in [5.74, 6) is 0.0146. The van der Waals surface area contributed by atoms with E-state index in [1.54, 1.807) is 4.68 Å². The monoisotopic (exact) mass is 299 g/mol. The third-order valence-electron chi connectivity index (χ3n) is 4.21. The number of hydrogen-bond acceptors (Lipinski definition) is 4. The molecule has 0 bridgehead atoms. The fourth-order valence-electron chi connectivity index (χ4n) is 2.92. The summed E-state index contributed by atoms with van der Waals surface area (Å²) in [4.78, 5) is 12.0. The number of carbonyl (C=O) groups is 1. The number of rotatable bonds is 5. The molecule has 2 aromatic rings. The van der Waals surface area contributed by atoms with Crippen LogP contribution >= 0.6 is 0 Å². The second-order valence-corrected chi connectivity index (χ2v) is 5.85. The van der Waals surface area contributed by atoms with Crippen LogP contribution in [0.4, 0.5) is 0 Å². The Morgan fingerprint density at radius 3 is 2.91 bits per heavy atom. The summed E-state index contributed by atoms with van der Waals surface area (Å²) < 4.78 is 1.56. The second-order valence-electron chi connectivity index (χ2n) is 5.85. The molecule has 116 valence electrons. The molecule has 3 rings (SSSR count). The van der Waals surface area contributed by atoms with Gasteiger partial charge in [-0.05, 0) is 59.7 Å². The van der Waals surface area contributed by atoms with E-state index in [0.29, 0.717) is 13.0 Å². The number of aromatic nitrogens is 4. The molecule has 0 aliphatic heterocycles. The number of benzene rings is 1. The minimum absolute atomic E-state index is 0.0146. The zero-order valence-electron chi connectivity index (χ0n) is 12.8. The lowest BCUT2D eigenvalue weighted by Crippen LogP contribution is -2.27. The van der Waals surface area contributed by atoms with Gasteiger partial charge in [0, 0.05) is 6.42 Å². The normalized spacial score (nSPS) is 15.1. The zero-order chi connectivity index (χ0) is 15.4. The number of amides is 1. The summed E-state index contributed by atoms with van der Waals surface area (Å²) in [5.41, 5.74) is 4.09. The Kier molecular flexibility index (Phi) is 4.46. The van der Waals surface area contributed by atoms with Crippen molar-refractivity contribution in [2.24, 2.45) is 0 Å². The van der Waals surface area contributed by atoms with E-state index >= 15 is 0 Å². The van der Waals surface area contributed by atoms with E-state index in [4.69, 9.17) is 0 Å². The molecule has 1 aliphatic carbocycles. The average molecular weight is 299 g/mol. The maximum atomic E-state index is 12.0. The van der Waals surface area contributed by atoms with E-state index < -0.39 is 0 Å². The number of hydrogen-bond donors (Lipinski definition) is 1. The van der Waals surface area contributed by atoms with Crippen LogP contribution in [0.15, 0.2) is 24.5 Å². The third kappa shape index (κ3) is 3.50. The predicted molar refractivity (Wildman–Crippen MR) is 82.1 cm³/mol. The molecule has 1 aromatic carbocycles. The molecule has 6 nitrogen and oxygen atoms in total. The highest BCUT2D eigenvalue weighted by Gasteiger charge is 2.14. The Morgan fingerprint density at radius 1 is 1.32 bits per heavy atom. The Balaban J connectivity index is 1.56. The highest BCUT2D eigenvalue weighted by Crippen LogP contribution is 2.24. The summed E-state index contributed by atoms with van der Waals surface area (Å²) in [7, 11) is 0. The van der Waals surface area contributed by atoms with Crippen molar-refractivity contribution in [3.05, 3.63) is 41.2 Å². The SMILES string of the molecule is C[C@@H](NC(=O)CCn1cnnn1)c1ccc2c(c1)CCCC2. The molecule has 0 saturated heterocycles. The van der Waals surface area contributed by atoms with Crippen LogP contribution in [0.1, 0.15) is 48.9 Å². The minimum atomic E-state index is 0.0146. The molecule has 0 saturated carbocycles. The number of fused-ring (bicyclic) bond motifs is 1. The molecule has 1 atom stereocenters. The molecule has 0 unspecified atom stereocenters. The highest BCUT2D eigenvalue weighted by atomic mass is 16.1. The Labute approximate surface area is 129 Å². The average Bonchev–Trinajstić information content (AvgIpc) is 3.06. The van der Waals surface area contributed by atoms with Gasteiger partial charge in [-0.1, -0.05) is 18.2 Å². The van der Waals surface area contributed by atoms with E-state index in [1.807, 2.05) is 6.92 Å². The molecule has 0 radical (unpaired) electrons. The van der Waals surface area contributed by atoms with Crippen LogP contribution < -0.4 is 5.32 Å². The molecule has 1 N–H and O–H groups in total. The lowest BCUT2D eigenvalue weighted by molar-refractivity contribution is -0.122. The quantitative estimate of drug-likeness (QED) is 0.914. The van der Waals surface area contributed by atoms with Crippen molar-refractivity contribution in [1.29, 1.82) is 0 Å². The Hall–Kier alpha value is -2.24. The second kappa shape index (κ2) is 6.68. The van der Waals surface area contributed by atoms with Gasteiger partial charge >= 0.3 is 0 Å². The molecule has 22 heavy (non-hydrogen) atoms. The molecular weight excluding hydrogens is 278 g/mol. The van der Waals surface area contributed by atoms with E-state index in [9.17, 15) is 4.79 Å². The summed E-state index contributed by atoms with van der Waals surface area (Å²) in [6.07, 6.45) is 6.78. The van der Waals surface area contributed by atoms with Crippen LogP contribution in [0.3, 0.4) is 0 Å². The fraction of sp³-hybridized carbons (Fsp3) is 0.500. The summed E-state index contributed by atoms with van der Waals surface area (Å²) >= 11 is 0. The molecule has 1 aromatic heterocycles. The van der Waals surface area contributed by atoms with Crippen LogP contribution in [0.25, 0.3) is 0 Å². The Morgan fingerprint density at radius 2 is 2.14 bits per heavy atom. The van der Waals surface area contributed by atoms with Gasteiger partial charge in [-0.15, -0.1) is 5.10 Å². The first-order valence-corrected chi connectivity index (χ1v) is 7.84. The maximum absolute atomic E-state index is 12.0. The van der Waals surface area contributed by atoms with Gasteiger partial charge in [-0.25, -0.2) is 4.68 Å². The van der Waals surface area contributed by atoms with Gasteiger partial charge in [0.2, 0.25) is 5.91 Å². The van der Waals surface area contributed by atoms with Crippen LogP contribution in [0.5, 0.6) is 0 Å². The van der Waals surface area contributed by atoms with Gasteiger partial charge in [-0.3, -0.25) is 4.79 Å². The lowest BCUT2D eigenvalue weighted by atomic mass is 9.89. The highest BCUT2D eigenvalue weighted by molar-refractivity contribution is 5.76.